The van der Waals surface area contributed by atoms with Gasteiger partial charge in [0.25, 0.3) is 0 Å². The van der Waals surface area contributed by atoms with E-state index in [1.807, 2.05) is 48.5 Å². The molecule has 0 radical (unpaired) electrons. The van der Waals surface area contributed by atoms with Crippen LogP contribution in [0.3, 0.4) is 0 Å². The third-order valence-corrected chi connectivity index (χ3v) is 5.29. The van der Waals surface area contributed by atoms with Crippen molar-refractivity contribution in [3.8, 4) is 16.9 Å². The summed E-state index contributed by atoms with van der Waals surface area (Å²) < 4.78 is 37.8. The third kappa shape index (κ3) is 3.81. The smallest absolute Gasteiger partial charge is 0.748 e. The van der Waals surface area contributed by atoms with Crippen LogP contribution in [-0.2, 0) is 10.1 Å². The Labute approximate surface area is 179 Å². The first-order valence-corrected chi connectivity index (χ1v) is 9.79. The van der Waals surface area contributed by atoms with Gasteiger partial charge < -0.3 is 9.29 Å². The number of hydrogen-bond donors (Lipinski definition) is 0. The zero-order valence-electron chi connectivity index (χ0n) is 14.8. The molecule has 0 aromatic heterocycles. The average molecular weight is 390 g/mol. The molecule has 0 unspecified atom stereocenters. The van der Waals surface area contributed by atoms with Crippen LogP contribution >= 0.6 is 0 Å². The molecule has 3 aromatic rings. The summed E-state index contributed by atoms with van der Waals surface area (Å²) in [6, 6.07) is 16.7. The Morgan fingerprint density at radius 2 is 1.56 bits per heavy atom. The maximum absolute atomic E-state index is 12.8. The summed E-state index contributed by atoms with van der Waals surface area (Å²) in [6.45, 7) is 0.116. The molecule has 0 saturated heterocycles. The predicted octanol–water partition coefficient (Wildman–Crippen LogP) is 0.369. The Balaban J connectivity index is 0.00000210. The first kappa shape index (κ1) is 20.0. The third-order valence-electron chi connectivity index (χ3n) is 4.50. The molecule has 0 aliphatic heterocycles. The molecule has 0 atom stereocenters. The monoisotopic (exact) mass is 390 g/mol. The summed E-state index contributed by atoms with van der Waals surface area (Å²) >= 11 is 0. The number of hydrogen-bond acceptors (Lipinski definition) is 5. The summed E-state index contributed by atoms with van der Waals surface area (Å²) in [4.78, 5) is 12.8. The first-order chi connectivity index (χ1) is 12.5. The largest absolute Gasteiger partial charge is 1.00 e. The molecule has 1 aliphatic rings. The van der Waals surface area contributed by atoms with Gasteiger partial charge in [-0.15, -0.1) is 0 Å². The molecule has 1 aliphatic carbocycles. The summed E-state index contributed by atoms with van der Waals surface area (Å²) in [5.41, 5.74) is 3.18. The van der Waals surface area contributed by atoms with Crippen LogP contribution in [-0.4, -0.2) is 31.1 Å². The second-order valence-electron chi connectivity index (χ2n) is 6.18. The number of benzene rings is 3. The minimum atomic E-state index is -4.24. The van der Waals surface area contributed by atoms with E-state index in [9.17, 15) is 17.8 Å². The number of fused-ring (bicyclic) bond motifs is 2. The summed E-state index contributed by atoms with van der Waals surface area (Å²) in [7, 11) is -4.24. The van der Waals surface area contributed by atoms with E-state index in [2.05, 4.69) is 0 Å². The summed E-state index contributed by atoms with van der Waals surface area (Å²) in [5, 5.41) is 1.64. The topological polar surface area (TPSA) is 83.5 Å². The Morgan fingerprint density at radius 3 is 2.30 bits per heavy atom. The molecular weight excluding hydrogens is 375 g/mol. The number of ketones is 1. The maximum atomic E-state index is 12.8. The molecule has 0 amide bonds. The minimum Gasteiger partial charge on any atom is -0.748 e. The standard InChI is InChI=1S/C20H16O5S.Na/c21-20-15-6-2-1-5-13(15)14-9-10-18(25-11-4-12-26(22,23)24)16-7-3-8-17(20)19(14)16;/h1-3,5-10H,4,11-12H2,(H,22,23,24);/q;+1/p-1. The Morgan fingerprint density at radius 1 is 0.852 bits per heavy atom. The van der Waals surface area contributed by atoms with Gasteiger partial charge in [-0.05, 0) is 23.6 Å². The van der Waals surface area contributed by atoms with Crippen molar-refractivity contribution in [1.29, 1.82) is 0 Å². The van der Waals surface area contributed by atoms with Gasteiger partial charge >= 0.3 is 29.6 Å². The van der Waals surface area contributed by atoms with E-state index in [1.165, 1.54) is 0 Å². The van der Waals surface area contributed by atoms with Crippen molar-refractivity contribution in [2.45, 2.75) is 6.42 Å². The van der Waals surface area contributed by atoms with Gasteiger partial charge in [0.1, 0.15) is 5.75 Å². The molecule has 27 heavy (non-hydrogen) atoms. The molecule has 0 bridgehead atoms. The zero-order chi connectivity index (χ0) is 18.3. The van der Waals surface area contributed by atoms with Crippen molar-refractivity contribution in [2.75, 3.05) is 12.4 Å². The molecule has 7 heteroatoms. The van der Waals surface area contributed by atoms with Crippen LogP contribution in [0.15, 0.2) is 54.6 Å². The van der Waals surface area contributed by atoms with E-state index in [-0.39, 0.29) is 48.4 Å². The fourth-order valence-electron chi connectivity index (χ4n) is 3.40. The van der Waals surface area contributed by atoms with Crippen LogP contribution in [0.2, 0.25) is 0 Å². The van der Waals surface area contributed by atoms with Gasteiger partial charge in [-0.3, -0.25) is 4.79 Å². The molecular formula is C20H15NaO5S. The van der Waals surface area contributed by atoms with Crippen LogP contribution in [0.5, 0.6) is 5.75 Å². The summed E-state index contributed by atoms with van der Waals surface area (Å²) in [6.07, 6.45) is 0.122. The molecule has 3 aromatic carbocycles. The molecule has 0 heterocycles. The normalized spacial score (nSPS) is 12.4. The van der Waals surface area contributed by atoms with Crippen LogP contribution < -0.4 is 34.3 Å². The molecule has 0 N–H and O–H groups in total. The quantitative estimate of drug-likeness (QED) is 0.279. The van der Waals surface area contributed by atoms with Crippen LogP contribution in [0.4, 0.5) is 0 Å². The van der Waals surface area contributed by atoms with E-state index < -0.39 is 15.9 Å². The maximum Gasteiger partial charge on any atom is 1.00 e. The van der Waals surface area contributed by atoms with E-state index in [0.29, 0.717) is 16.9 Å². The fourth-order valence-corrected chi connectivity index (χ4v) is 3.87. The van der Waals surface area contributed by atoms with Gasteiger partial charge in [-0.2, -0.15) is 0 Å². The van der Waals surface area contributed by atoms with E-state index in [4.69, 9.17) is 4.74 Å². The van der Waals surface area contributed by atoms with Crippen molar-refractivity contribution >= 4 is 26.7 Å². The number of rotatable bonds is 5. The zero-order valence-corrected chi connectivity index (χ0v) is 17.6. The van der Waals surface area contributed by atoms with Crippen molar-refractivity contribution in [3.63, 3.8) is 0 Å². The van der Waals surface area contributed by atoms with Gasteiger partial charge in [-0.25, -0.2) is 8.42 Å². The molecule has 5 nitrogen and oxygen atoms in total. The van der Waals surface area contributed by atoms with Crippen molar-refractivity contribution in [1.82, 2.24) is 0 Å². The Hall–Kier alpha value is -1.70. The molecule has 132 valence electrons. The second-order valence-corrected chi connectivity index (χ2v) is 7.70. The number of carbonyl (C=O) groups excluding carboxylic acids is 1. The van der Waals surface area contributed by atoms with Gasteiger partial charge in [0.15, 0.2) is 5.78 Å². The fraction of sp³-hybridized carbons (Fsp3) is 0.150. The minimum absolute atomic E-state index is 0. The molecule has 0 spiro atoms. The van der Waals surface area contributed by atoms with Gasteiger partial charge in [0.2, 0.25) is 0 Å². The van der Waals surface area contributed by atoms with Crippen molar-refractivity contribution < 1.29 is 52.1 Å². The molecule has 0 fully saturated rings. The first-order valence-electron chi connectivity index (χ1n) is 8.22. The SMILES string of the molecule is O=C1c2ccccc2-c2ccc(OCCCS(=O)(=O)[O-])c3cccc1c23.[Na+]. The summed E-state index contributed by atoms with van der Waals surface area (Å²) in [5.74, 6) is 0.0921. The molecule has 0 saturated carbocycles. The van der Waals surface area contributed by atoms with Crippen LogP contribution in [0.25, 0.3) is 21.9 Å². The average Bonchev–Trinajstić information content (AvgIpc) is 2.63. The van der Waals surface area contributed by atoms with Gasteiger partial charge in [-0.1, -0.05) is 48.5 Å². The van der Waals surface area contributed by atoms with E-state index in [1.54, 1.807) is 6.07 Å². The molecule has 4 rings (SSSR count). The number of carbonyl (C=O) groups is 1. The predicted molar refractivity (Wildman–Crippen MR) is 97.5 cm³/mol. The van der Waals surface area contributed by atoms with Crippen LogP contribution in [0.1, 0.15) is 22.3 Å². The Kier molecular flexibility index (Phi) is 5.74. The van der Waals surface area contributed by atoms with Gasteiger partial charge in [0.05, 0.1) is 16.7 Å². The Bertz CT molecular complexity index is 1140. The van der Waals surface area contributed by atoms with E-state index >= 15 is 0 Å². The van der Waals surface area contributed by atoms with Crippen molar-refractivity contribution in [2.24, 2.45) is 0 Å². The van der Waals surface area contributed by atoms with E-state index in [0.717, 1.165) is 21.9 Å². The van der Waals surface area contributed by atoms with Crippen LogP contribution in [0, 0.1) is 0 Å². The second kappa shape index (κ2) is 7.73. The van der Waals surface area contributed by atoms with Crippen molar-refractivity contribution in [3.05, 3.63) is 65.7 Å². The number of ether oxygens (including phenoxy) is 1. The van der Waals surface area contributed by atoms with Gasteiger partial charge in [0, 0.05) is 27.7 Å².